The van der Waals surface area contributed by atoms with Crippen molar-refractivity contribution in [1.29, 1.82) is 0 Å². The number of hydrogen-bond donors (Lipinski definition) is 2. The minimum atomic E-state index is -0.384. The van der Waals surface area contributed by atoms with Crippen molar-refractivity contribution in [2.75, 3.05) is 0 Å². The average molecular weight is 377 g/mol. The topological polar surface area (TPSA) is 88.9 Å². The van der Waals surface area contributed by atoms with E-state index in [2.05, 4.69) is 20.7 Å². The van der Waals surface area contributed by atoms with Crippen LogP contribution in [0.5, 0.6) is 0 Å². The third-order valence-corrected chi connectivity index (χ3v) is 4.31. The SMILES string of the molecule is CC(=O)N[C@H](CC(=O)NCc1ncnn1-c1ccccc1)c1ccc(C)cc1. The van der Waals surface area contributed by atoms with Gasteiger partial charge in [-0.25, -0.2) is 9.67 Å². The highest BCUT2D eigenvalue weighted by Gasteiger charge is 2.17. The number of aryl methyl sites for hydroxylation is 1. The van der Waals surface area contributed by atoms with E-state index in [1.807, 2.05) is 61.5 Å². The van der Waals surface area contributed by atoms with Gasteiger partial charge in [-0.3, -0.25) is 9.59 Å². The first-order valence-corrected chi connectivity index (χ1v) is 9.07. The van der Waals surface area contributed by atoms with E-state index in [0.717, 1.165) is 16.8 Å². The van der Waals surface area contributed by atoms with Crippen LogP contribution in [-0.2, 0) is 16.1 Å². The number of carbonyl (C=O) groups excluding carboxylic acids is 2. The molecule has 0 saturated heterocycles. The van der Waals surface area contributed by atoms with Crippen LogP contribution < -0.4 is 10.6 Å². The maximum atomic E-state index is 12.5. The van der Waals surface area contributed by atoms with Crippen LogP contribution in [0.1, 0.15) is 36.3 Å². The van der Waals surface area contributed by atoms with Crippen LogP contribution in [-0.4, -0.2) is 26.6 Å². The molecule has 1 aromatic heterocycles. The number of amides is 2. The summed E-state index contributed by atoms with van der Waals surface area (Å²) in [6.45, 7) is 3.68. The Kier molecular flexibility index (Phi) is 6.16. The summed E-state index contributed by atoms with van der Waals surface area (Å²) in [6, 6.07) is 17.0. The molecule has 144 valence electrons. The van der Waals surface area contributed by atoms with E-state index in [1.165, 1.54) is 13.3 Å². The maximum absolute atomic E-state index is 12.5. The molecule has 1 atom stereocenters. The molecule has 28 heavy (non-hydrogen) atoms. The Morgan fingerprint density at radius 1 is 1.07 bits per heavy atom. The van der Waals surface area contributed by atoms with Crippen molar-refractivity contribution >= 4 is 11.8 Å². The van der Waals surface area contributed by atoms with Gasteiger partial charge in [-0.2, -0.15) is 5.10 Å². The molecule has 3 rings (SSSR count). The summed E-state index contributed by atoms with van der Waals surface area (Å²) in [7, 11) is 0. The third-order valence-electron chi connectivity index (χ3n) is 4.31. The molecule has 1 heterocycles. The fourth-order valence-electron chi connectivity index (χ4n) is 2.90. The first kappa shape index (κ1) is 19.3. The summed E-state index contributed by atoms with van der Waals surface area (Å²) in [5.41, 5.74) is 2.89. The van der Waals surface area contributed by atoms with E-state index in [-0.39, 0.29) is 30.8 Å². The fraction of sp³-hybridized carbons (Fsp3) is 0.238. The van der Waals surface area contributed by atoms with Crippen molar-refractivity contribution in [3.8, 4) is 5.69 Å². The Balaban J connectivity index is 1.65. The number of carbonyl (C=O) groups is 2. The van der Waals surface area contributed by atoms with Gasteiger partial charge in [0.2, 0.25) is 11.8 Å². The monoisotopic (exact) mass is 377 g/mol. The zero-order valence-electron chi connectivity index (χ0n) is 15.9. The lowest BCUT2D eigenvalue weighted by molar-refractivity contribution is -0.123. The predicted molar refractivity (Wildman–Crippen MR) is 106 cm³/mol. The van der Waals surface area contributed by atoms with Gasteiger partial charge in [-0.1, -0.05) is 48.0 Å². The lowest BCUT2D eigenvalue weighted by atomic mass is 10.0. The van der Waals surface area contributed by atoms with Crippen LogP contribution in [0.15, 0.2) is 60.9 Å². The van der Waals surface area contributed by atoms with E-state index in [1.54, 1.807) is 4.68 Å². The third kappa shape index (κ3) is 5.03. The molecule has 0 saturated carbocycles. The highest BCUT2D eigenvalue weighted by atomic mass is 16.2. The Bertz CT molecular complexity index is 935. The van der Waals surface area contributed by atoms with Gasteiger partial charge in [0.1, 0.15) is 6.33 Å². The van der Waals surface area contributed by atoms with Gasteiger partial charge >= 0.3 is 0 Å². The van der Waals surface area contributed by atoms with Crippen LogP contribution in [0.4, 0.5) is 0 Å². The second-order valence-corrected chi connectivity index (χ2v) is 6.57. The van der Waals surface area contributed by atoms with Crippen molar-refractivity contribution in [3.63, 3.8) is 0 Å². The normalized spacial score (nSPS) is 11.6. The van der Waals surface area contributed by atoms with Gasteiger partial charge in [0.15, 0.2) is 5.82 Å². The summed E-state index contributed by atoms with van der Waals surface area (Å²) < 4.78 is 1.69. The molecule has 2 aromatic carbocycles. The molecule has 7 heteroatoms. The lowest BCUT2D eigenvalue weighted by Gasteiger charge is -2.18. The molecule has 0 spiro atoms. The second kappa shape index (κ2) is 8.94. The number of nitrogens with zero attached hydrogens (tertiary/aromatic N) is 3. The van der Waals surface area contributed by atoms with E-state index in [9.17, 15) is 9.59 Å². The van der Waals surface area contributed by atoms with Crippen molar-refractivity contribution in [3.05, 3.63) is 77.9 Å². The second-order valence-electron chi connectivity index (χ2n) is 6.57. The van der Waals surface area contributed by atoms with Gasteiger partial charge in [-0.05, 0) is 24.6 Å². The number of benzene rings is 2. The van der Waals surface area contributed by atoms with Crippen LogP contribution in [0.2, 0.25) is 0 Å². The molecule has 2 amide bonds. The molecule has 0 aliphatic rings. The summed E-state index contributed by atoms with van der Waals surface area (Å²) in [4.78, 5) is 28.3. The van der Waals surface area contributed by atoms with Crippen molar-refractivity contribution < 1.29 is 9.59 Å². The highest BCUT2D eigenvalue weighted by molar-refractivity contribution is 5.79. The number of hydrogen-bond acceptors (Lipinski definition) is 4. The van der Waals surface area contributed by atoms with Gasteiger partial charge in [0.25, 0.3) is 0 Å². The smallest absolute Gasteiger partial charge is 0.222 e. The predicted octanol–water partition coefficient (Wildman–Crippen LogP) is 2.46. The van der Waals surface area contributed by atoms with Crippen LogP contribution in [0.3, 0.4) is 0 Å². The molecule has 3 aromatic rings. The number of rotatable bonds is 7. The molecular formula is C21H23N5O2. The largest absolute Gasteiger partial charge is 0.349 e. The molecular weight excluding hydrogens is 354 g/mol. The molecule has 0 unspecified atom stereocenters. The fourth-order valence-corrected chi connectivity index (χ4v) is 2.90. The number of para-hydroxylation sites is 1. The van der Waals surface area contributed by atoms with E-state index < -0.39 is 0 Å². The zero-order chi connectivity index (χ0) is 19.9. The Labute approximate surface area is 163 Å². The van der Waals surface area contributed by atoms with E-state index >= 15 is 0 Å². The number of aromatic nitrogens is 3. The summed E-state index contributed by atoms with van der Waals surface area (Å²) in [5.74, 6) is 0.273. The zero-order valence-corrected chi connectivity index (χ0v) is 15.9. The minimum Gasteiger partial charge on any atom is -0.349 e. The minimum absolute atomic E-state index is 0.141. The van der Waals surface area contributed by atoms with Gasteiger partial charge < -0.3 is 10.6 Å². The Hall–Kier alpha value is -3.48. The molecule has 0 fully saturated rings. The molecule has 0 radical (unpaired) electrons. The van der Waals surface area contributed by atoms with E-state index in [4.69, 9.17) is 0 Å². The van der Waals surface area contributed by atoms with E-state index in [0.29, 0.717) is 5.82 Å². The Morgan fingerprint density at radius 3 is 2.46 bits per heavy atom. The highest BCUT2D eigenvalue weighted by Crippen LogP contribution is 2.18. The molecule has 7 nitrogen and oxygen atoms in total. The first-order chi connectivity index (χ1) is 13.5. The van der Waals surface area contributed by atoms with Crippen molar-refractivity contribution in [1.82, 2.24) is 25.4 Å². The van der Waals surface area contributed by atoms with Crippen LogP contribution in [0, 0.1) is 6.92 Å². The van der Waals surface area contributed by atoms with Gasteiger partial charge in [0.05, 0.1) is 24.7 Å². The summed E-state index contributed by atoms with van der Waals surface area (Å²) >= 11 is 0. The van der Waals surface area contributed by atoms with Gasteiger partial charge in [-0.15, -0.1) is 0 Å². The summed E-state index contributed by atoms with van der Waals surface area (Å²) in [6.07, 6.45) is 1.60. The van der Waals surface area contributed by atoms with Crippen molar-refractivity contribution in [2.45, 2.75) is 32.9 Å². The molecule has 0 aliphatic heterocycles. The molecule has 2 N–H and O–H groups in total. The Morgan fingerprint density at radius 2 is 1.79 bits per heavy atom. The van der Waals surface area contributed by atoms with Crippen LogP contribution in [0.25, 0.3) is 5.69 Å². The number of nitrogens with one attached hydrogen (secondary N) is 2. The quantitative estimate of drug-likeness (QED) is 0.662. The maximum Gasteiger partial charge on any atom is 0.222 e. The lowest BCUT2D eigenvalue weighted by Crippen LogP contribution is -2.32. The summed E-state index contributed by atoms with van der Waals surface area (Å²) in [5, 5.41) is 9.93. The molecule has 0 bridgehead atoms. The average Bonchev–Trinajstić information content (AvgIpc) is 3.15. The standard InChI is InChI=1S/C21H23N5O2/c1-15-8-10-17(11-9-15)19(25-16(2)27)12-21(28)22-13-20-23-14-24-26(20)18-6-4-3-5-7-18/h3-11,14,19H,12-13H2,1-2H3,(H,22,28)(H,25,27)/t19-/m1/s1. The molecule has 0 aliphatic carbocycles. The van der Waals surface area contributed by atoms with Gasteiger partial charge in [0, 0.05) is 6.92 Å². The first-order valence-electron chi connectivity index (χ1n) is 9.07. The van der Waals surface area contributed by atoms with Crippen molar-refractivity contribution in [2.24, 2.45) is 0 Å². The van der Waals surface area contributed by atoms with Crippen LogP contribution >= 0.6 is 0 Å².